The highest BCUT2D eigenvalue weighted by atomic mass is 79.9. The number of aryl methyl sites for hydroxylation is 2. The molecule has 22 heavy (non-hydrogen) atoms. The summed E-state index contributed by atoms with van der Waals surface area (Å²) in [6.45, 7) is 3.73. The second kappa shape index (κ2) is 8.86. The highest BCUT2D eigenvalue weighted by Gasteiger charge is 2.13. The van der Waals surface area contributed by atoms with Crippen LogP contribution in [0.2, 0.25) is 0 Å². The maximum atomic E-state index is 8.84. The van der Waals surface area contributed by atoms with Crippen molar-refractivity contribution in [2.45, 2.75) is 13.8 Å². The minimum Gasteiger partial charge on any atom is -0.423 e. The van der Waals surface area contributed by atoms with Gasteiger partial charge in [-0.1, -0.05) is 55.6 Å². The van der Waals surface area contributed by atoms with Gasteiger partial charge < -0.3 is 20.1 Å². The zero-order valence-electron chi connectivity index (χ0n) is 12.2. The average molecular weight is 430 g/mol. The van der Waals surface area contributed by atoms with Crippen molar-refractivity contribution in [2.24, 2.45) is 0 Å². The van der Waals surface area contributed by atoms with Crippen LogP contribution in [0.5, 0.6) is 0 Å². The molecule has 0 aliphatic heterocycles. The molecule has 2 aromatic rings. The lowest BCUT2D eigenvalue weighted by Crippen LogP contribution is -2.31. The molecule has 2 aromatic carbocycles. The van der Waals surface area contributed by atoms with Crippen LogP contribution in [0.25, 0.3) is 0 Å². The molecule has 8 heteroatoms. The number of halogens is 2. The monoisotopic (exact) mass is 428 g/mol. The molecule has 0 aliphatic rings. The average Bonchev–Trinajstić information content (AvgIpc) is 2.41. The van der Waals surface area contributed by atoms with Gasteiger partial charge in [-0.15, -0.1) is 0 Å². The van der Waals surface area contributed by atoms with Crippen molar-refractivity contribution in [1.29, 1.82) is 0 Å². The van der Waals surface area contributed by atoms with E-state index in [4.69, 9.17) is 20.1 Å². The van der Waals surface area contributed by atoms with Crippen LogP contribution in [0.4, 0.5) is 0 Å². The van der Waals surface area contributed by atoms with Crippen molar-refractivity contribution in [3.8, 4) is 0 Å². The van der Waals surface area contributed by atoms with Crippen LogP contribution in [-0.4, -0.2) is 34.3 Å². The number of benzene rings is 2. The Morgan fingerprint density at radius 1 is 0.773 bits per heavy atom. The number of rotatable bonds is 2. The normalized spacial score (nSPS) is 9.82. The molecule has 0 saturated heterocycles. The Kier molecular flexibility index (Phi) is 7.82. The van der Waals surface area contributed by atoms with Crippen LogP contribution in [0.15, 0.2) is 45.3 Å². The molecule has 2 rings (SSSR count). The standard InChI is InChI=1S/2C7H8BBrO2/c1-5-4-6(9)2-3-7(5)8(10)11;1-5-4-6(8(10)11)2-3-7(5)9/h2*2-4,10-11H,1H3. The van der Waals surface area contributed by atoms with Gasteiger partial charge in [0.15, 0.2) is 0 Å². The molecule has 0 bridgehead atoms. The van der Waals surface area contributed by atoms with E-state index in [9.17, 15) is 0 Å². The van der Waals surface area contributed by atoms with Crippen LogP contribution >= 0.6 is 31.9 Å². The Morgan fingerprint density at radius 2 is 1.41 bits per heavy atom. The van der Waals surface area contributed by atoms with E-state index >= 15 is 0 Å². The summed E-state index contributed by atoms with van der Waals surface area (Å²) in [5.74, 6) is 0. The van der Waals surface area contributed by atoms with E-state index in [1.165, 1.54) is 0 Å². The quantitative estimate of drug-likeness (QED) is 0.534. The lowest BCUT2D eigenvalue weighted by atomic mass is 9.77. The molecule has 0 saturated carbocycles. The van der Waals surface area contributed by atoms with Crippen molar-refractivity contribution >= 4 is 57.0 Å². The SMILES string of the molecule is Cc1cc(B(O)O)ccc1Br.Cc1cc(Br)ccc1B(O)O. The van der Waals surface area contributed by atoms with Crippen LogP contribution in [-0.2, 0) is 0 Å². The number of hydrogen-bond acceptors (Lipinski definition) is 4. The molecule has 4 nitrogen and oxygen atoms in total. The second-order valence-corrected chi connectivity index (χ2v) is 6.53. The van der Waals surface area contributed by atoms with E-state index in [2.05, 4.69) is 31.9 Å². The molecule has 0 aromatic heterocycles. The fraction of sp³-hybridized carbons (Fsp3) is 0.143. The summed E-state index contributed by atoms with van der Waals surface area (Å²) in [5, 5.41) is 35.2. The first-order valence-electron chi connectivity index (χ1n) is 6.46. The molecule has 0 spiro atoms. The lowest BCUT2D eigenvalue weighted by Gasteiger charge is -2.03. The first kappa shape index (κ1) is 19.4. The fourth-order valence-corrected chi connectivity index (χ4v) is 2.48. The molecule has 0 heterocycles. The van der Waals surface area contributed by atoms with E-state index < -0.39 is 14.2 Å². The summed E-state index contributed by atoms with van der Waals surface area (Å²) in [7, 11) is -2.75. The molecule has 4 N–H and O–H groups in total. The Balaban J connectivity index is 0.000000220. The third-order valence-corrected chi connectivity index (χ3v) is 4.37. The lowest BCUT2D eigenvalue weighted by molar-refractivity contribution is 0.424. The van der Waals surface area contributed by atoms with E-state index in [1.54, 1.807) is 30.3 Å². The summed E-state index contributed by atoms with van der Waals surface area (Å²) in [4.78, 5) is 0. The third kappa shape index (κ3) is 5.87. The van der Waals surface area contributed by atoms with Crippen LogP contribution < -0.4 is 10.9 Å². The Morgan fingerprint density at radius 3 is 1.86 bits per heavy atom. The first-order valence-corrected chi connectivity index (χ1v) is 8.05. The smallest absolute Gasteiger partial charge is 0.423 e. The maximum Gasteiger partial charge on any atom is 0.488 e. The molecule has 0 radical (unpaired) electrons. The first-order chi connectivity index (χ1) is 10.2. The van der Waals surface area contributed by atoms with E-state index in [-0.39, 0.29) is 0 Å². The van der Waals surface area contributed by atoms with Crippen molar-refractivity contribution in [2.75, 3.05) is 0 Å². The molecular formula is C14H16B2Br2O4. The summed E-state index contributed by atoms with van der Waals surface area (Å²) >= 11 is 6.60. The topological polar surface area (TPSA) is 80.9 Å². The minimum absolute atomic E-state index is 0.519. The largest absolute Gasteiger partial charge is 0.488 e. The van der Waals surface area contributed by atoms with E-state index in [0.717, 1.165) is 20.1 Å². The van der Waals surface area contributed by atoms with Crippen molar-refractivity contribution in [3.05, 3.63) is 56.5 Å². The summed E-state index contributed by atoms with van der Waals surface area (Å²) in [5.41, 5.74) is 2.93. The predicted molar refractivity (Wildman–Crippen MR) is 97.4 cm³/mol. The van der Waals surface area contributed by atoms with Gasteiger partial charge in [-0.2, -0.15) is 0 Å². The van der Waals surface area contributed by atoms with Gasteiger partial charge in [0.1, 0.15) is 0 Å². The summed E-state index contributed by atoms with van der Waals surface area (Å²) < 4.78 is 1.92. The molecular weight excluding hydrogens is 414 g/mol. The zero-order chi connectivity index (χ0) is 16.9. The van der Waals surface area contributed by atoms with Gasteiger partial charge in [0.25, 0.3) is 0 Å². The Hall–Kier alpha value is -0.630. The van der Waals surface area contributed by atoms with Crippen molar-refractivity contribution in [1.82, 2.24) is 0 Å². The summed E-state index contributed by atoms with van der Waals surface area (Å²) in [6.07, 6.45) is 0. The Bertz CT molecular complexity index is 636. The highest BCUT2D eigenvalue weighted by molar-refractivity contribution is 9.10. The summed E-state index contributed by atoms with van der Waals surface area (Å²) in [6, 6.07) is 10.5. The predicted octanol–water partition coefficient (Wildman–Crippen LogP) is 0.875. The number of hydrogen-bond donors (Lipinski definition) is 4. The molecule has 0 amide bonds. The fourth-order valence-electron chi connectivity index (χ4n) is 1.76. The second-order valence-electron chi connectivity index (χ2n) is 4.76. The zero-order valence-corrected chi connectivity index (χ0v) is 15.3. The molecule has 0 atom stereocenters. The molecule has 0 fully saturated rings. The van der Waals surface area contributed by atoms with E-state index in [0.29, 0.717) is 10.9 Å². The van der Waals surface area contributed by atoms with Crippen LogP contribution in [0.1, 0.15) is 11.1 Å². The van der Waals surface area contributed by atoms with Gasteiger partial charge in [-0.05, 0) is 48.5 Å². The van der Waals surface area contributed by atoms with Gasteiger partial charge in [0, 0.05) is 8.95 Å². The Labute approximate surface area is 147 Å². The minimum atomic E-state index is -1.37. The van der Waals surface area contributed by atoms with Gasteiger partial charge in [-0.25, -0.2) is 0 Å². The van der Waals surface area contributed by atoms with Gasteiger partial charge >= 0.3 is 14.2 Å². The van der Waals surface area contributed by atoms with Crippen LogP contribution in [0.3, 0.4) is 0 Å². The maximum absolute atomic E-state index is 8.84. The van der Waals surface area contributed by atoms with Crippen molar-refractivity contribution < 1.29 is 20.1 Å². The molecule has 0 aliphatic carbocycles. The molecule has 0 unspecified atom stereocenters. The molecule has 116 valence electrons. The van der Waals surface area contributed by atoms with Crippen LogP contribution in [0, 0.1) is 13.8 Å². The van der Waals surface area contributed by atoms with Gasteiger partial charge in [-0.3, -0.25) is 0 Å². The third-order valence-electron chi connectivity index (χ3n) is 2.99. The van der Waals surface area contributed by atoms with Gasteiger partial charge in [0.2, 0.25) is 0 Å². The highest BCUT2D eigenvalue weighted by Crippen LogP contribution is 2.12. The van der Waals surface area contributed by atoms with Gasteiger partial charge in [0.05, 0.1) is 0 Å². The van der Waals surface area contributed by atoms with E-state index in [1.807, 2.05) is 19.9 Å². The van der Waals surface area contributed by atoms with Crippen molar-refractivity contribution in [3.63, 3.8) is 0 Å².